The molecule has 1 aromatic rings. The summed E-state index contributed by atoms with van der Waals surface area (Å²) in [7, 11) is 0. The number of nitrogens with one attached hydrogen (secondary N) is 1. The quantitative estimate of drug-likeness (QED) is 0.827. The summed E-state index contributed by atoms with van der Waals surface area (Å²) in [6, 6.07) is 7.04. The van der Waals surface area contributed by atoms with E-state index in [1.165, 1.54) is 0 Å². The zero-order chi connectivity index (χ0) is 16.1. The second kappa shape index (κ2) is 7.06. The number of hydrogen-bond donors (Lipinski definition) is 1. The number of cyclic esters (lactones) is 1. The van der Waals surface area contributed by atoms with E-state index in [9.17, 15) is 14.4 Å². The number of hydrogen-bond acceptors (Lipinski definition) is 5. The summed E-state index contributed by atoms with van der Waals surface area (Å²) in [4.78, 5) is 35.2. The van der Waals surface area contributed by atoms with Gasteiger partial charge in [-0.3, -0.25) is 9.59 Å². The summed E-state index contributed by atoms with van der Waals surface area (Å²) in [5.41, 5.74) is 1.28. The SMILES string of the molecule is CC(C)OC(=O)CCNC(=O)[C@@H]1Cc2ccccc2C(=O)O1. The lowest BCUT2D eigenvalue weighted by molar-refractivity contribution is -0.147. The third kappa shape index (κ3) is 4.07. The topological polar surface area (TPSA) is 81.7 Å². The summed E-state index contributed by atoms with van der Waals surface area (Å²) in [5, 5.41) is 2.59. The van der Waals surface area contributed by atoms with Gasteiger partial charge >= 0.3 is 11.9 Å². The van der Waals surface area contributed by atoms with Gasteiger partial charge in [0.15, 0.2) is 6.10 Å². The lowest BCUT2D eigenvalue weighted by Crippen LogP contribution is -2.42. The molecule has 118 valence electrons. The highest BCUT2D eigenvalue weighted by atomic mass is 16.6. The highest BCUT2D eigenvalue weighted by Gasteiger charge is 2.30. The molecule has 1 aliphatic heterocycles. The first-order valence-corrected chi connectivity index (χ1v) is 7.23. The highest BCUT2D eigenvalue weighted by molar-refractivity contribution is 5.95. The van der Waals surface area contributed by atoms with E-state index >= 15 is 0 Å². The number of ether oxygens (including phenoxy) is 2. The molecule has 0 spiro atoms. The van der Waals surface area contributed by atoms with Crippen LogP contribution in [0.5, 0.6) is 0 Å². The molecule has 1 atom stereocenters. The van der Waals surface area contributed by atoms with E-state index in [2.05, 4.69) is 5.32 Å². The highest BCUT2D eigenvalue weighted by Crippen LogP contribution is 2.20. The molecule has 0 unspecified atom stereocenters. The number of carbonyl (C=O) groups excluding carboxylic acids is 3. The second-order valence-corrected chi connectivity index (χ2v) is 5.33. The molecule has 1 amide bonds. The summed E-state index contributed by atoms with van der Waals surface area (Å²) in [6.45, 7) is 3.67. The molecule has 0 aliphatic carbocycles. The van der Waals surface area contributed by atoms with Crippen molar-refractivity contribution in [3.63, 3.8) is 0 Å². The largest absolute Gasteiger partial charge is 0.463 e. The van der Waals surface area contributed by atoms with Crippen LogP contribution in [0, 0.1) is 0 Å². The molecule has 22 heavy (non-hydrogen) atoms. The van der Waals surface area contributed by atoms with Crippen LogP contribution in [0.4, 0.5) is 0 Å². The first-order chi connectivity index (χ1) is 10.5. The van der Waals surface area contributed by atoms with Gasteiger partial charge in [0.2, 0.25) is 0 Å². The van der Waals surface area contributed by atoms with Gasteiger partial charge in [0.1, 0.15) is 0 Å². The zero-order valence-electron chi connectivity index (χ0n) is 12.6. The average Bonchev–Trinajstić information content (AvgIpc) is 2.46. The second-order valence-electron chi connectivity index (χ2n) is 5.33. The van der Waals surface area contributed by atoms with Crippen molar-refractivity contribution in [2.45, 2.75) is 38.9 Å². The van der Waals surface area contributed by atoms with Crippen LogP contribution in [0.15, 0.2) is 24.3 Å². The minimum atomic E-state index is -0.858. The van der Waals surface area contributed by atoms with Crippen LogP contribution in [0.3, 0.4) is 0 Å². The van der Waals surface area contributed by atoms with Gasteiger partial charge in [-0.1, -0.05) is 18.2 Å². The molecule has 1 aromatic carbocycles. The van der Waals surface area contributed by atoms with Crippen molar-refractivity contribution in [3.05, 3.63) is 35.4 Å². The van der Waals surface area contributed by atoms with Crippen LogP contribution in [-0.4, -0.2) is 36.6 Å². The van der Waals surface area contributed by atoms with Crippen molar-refractivity contribution in [1.29, 1.82) is 0 Å². The van der Waals surface area contributed by atoms with Gasteiger partial charge in [0, 0.05) is 13.0 Å². The third-order valence-electron chi connectivity index (χ3n) is 3.18. The number of benzene rings is 1. The van der Waals surface area contributed by atoms with E-state index in [0.29, 0.717) is 12.0 Å². The molecule has 0 saturated heterocycles. The minimum absolute atomic E-state index is 0.0845. The Kier molecular flexibility index (Phi) is 5.14. The van der Waals surface area contributed by atoms with Crippen LogP contribution >= 0.6 is 0 Å². The molecular formula is C16H19NO5. The maximum atomic E-state index is 12.0. The molecule has 0 radical (unpaired) electrons. The minimum Gasteiger partial charge on any atom is -0.463 e. The predicted octanol–water partition coefficient (Wildman–Crippen LogP) is 1.23. The number of amides is 1. The van der Waals surface area contributed by atoms with Crippen molar-refractivity contribution in [2.75, 3.05) is 6.54 Å². The Morgan fingerprint density at radius 3 is 2.82 bits per heavy atom. The third-order valence-corrected chi connectivity index (χ3v) is 3.18. The van der Waals surface area contributed by atoms with Crippen molar-refractivity contribution < 1.29 is 23.9 Å². The molecule has 0 fully saturated rings. The molecule has 6 nitrogen and oxygen atoms in total. The Bertz CT molecular complexity index is 582. The molecule has 6 heteroatoms. The molecule has 1 heterocycles. The van der Waals surface area contributed by atoms with Crippen LogP contribution in [0.25, 0.3) is 0 Å². The summed E-state index contributed by atoms with van der Waals surface area (Å²) in [6.07, 6.45) is -0.617. The maximum absolute atomic E-state index is 12.0. The van der Waals surface area contributed by atoms with E-state index in [0.717, 1.165) is 5.56 Å². The van der Waals surface area contributed by atoms with E-state index in [-0.39, 0.29) is 25.0 Å². The lowest BCUT2D eigenvalue weighted by Gasteiger charge is -2.23. The summed E-state index contributed by atoms with van der Waals surface area (Å²) >= 11 is 0. The normalized spacial score (nSPS) is 16.7. The zero-order valence-corrected chi connectivity index (χ0v) is 12.6. The van der Waals surface area contributed by atoms with Crippen molar-refractivity contribution in [1.82, 2.24) is 5.32 Å². The number of rotatable bonds is 5. The fourth-order valence-electron chi connectivity index (χ4n) is 2.20. The first kappa shape index (κ1) is 16.0. The maximum Gasteiger partial charge on any atom is 0.339 e. The van der Waals surface area contributed by atoms with Crippen molar-refractivity contribution >= 4 is 17.8 Å². The molecule has 0 saturated carbocycles. The van der Waals surface area contributed by atoms with E-state index in [4.69, 9.17) is 9.47 Å². The van der Waals surface area contributed by atoms with Gasteiger partial charge in [0.25, 0.3) is 5.91 Å². The van der Waals surface area contributed by atoms with E-state index in [1.807, 2.05) is 6.07 Å². The van der Waals surface area contributed by atoms with Gasteiger partial charge in [-0.25, -0.2) is 4.79 Å². The van der Waals surface area contributed by atoms with Gasteiger partial charge in [-0.2, -0.15) is 0 Å². The average molecular weight is 305 g/mol. The molecule has 0 aromatic heterocycles. The van der Waals surface area contributed by atoms with Gasteiger partial charge in [-0.05, 0) is 25.5 Å². The van der Waals surface area contributed by atoms with E-state index in [1.54, 1.807) is 32.0 Å². The number of fused-ring (bicyclic) bond motifs is 1. The standard InChI is InChI=1S/C16H19NO5/c1-10(2)21-14(18)7-8-17-15(19)13-9-11-5-3-4-6-12(11)16(20)22-13/h3-6,10,13H,7-9H2,1-2H3,(H,17,19)/t13-/m0/s1. The Morgan fingerprint density at radius 2 is 2.09 bits per heavy atom. The van der Waals surface area contributed by atoms with Crippen molar-refractivity contribution in [3.8, 4) is 0 Å². The van der Waals surface area contributed by atoms with Gasteiger partial charge < -0.3 is 14.8 Å². The fraction of sp³-hybridized carbons (Fsp3) is 0.438. The summed E-state index contributed by atoms with van der Waals surface area (Å²) in [5.74, 6) is -1.28. The summed E-state index contributed by atoms with van der Waals surface area (Å²) < 4.78 is 10.1. The number of esters is 2. The van der Waals surface area contributed by atoms with E-state index < -0.39 is 18.0 Å². The molecule has 1 N–H and O–H groups in total. The smallest absolute Gasteiger partial charge is 0.339 e. The van der Waals surface area contributed by atoms with Crippen LogP contribution in [0.1, 0.15) is 36.2 Å². The van der Waals surface area contributed by atoms with Gasteiger partial charge in [-0.15, -0.1) is 0 Å². The Hall–Kier alpha value is -2.37. The Labute approximate surface area is 128 Å². The Balaban J connectivity index is 1.84. The van der Waals surface area contributed by atoms with Crippen LogP contribution in [0.2, 0.25) is 0 Å². The predicted molar refractivity (Wildman–Crippen MR) is 78.2 cm³/mol. The molecule has 0 bridgehead atoms. The lowest BCUT2D eigenvalue weighted by atomic mass is 9.98. The first-order valence-electron chi connectivity index (χ1n) is 7.23. The van der Waals surface area contributed by atoms with Crippen LogP contribution < -0.4 is 5.32 Å². The fourth-order valence-corrected chi connectivity index (χ4v) is 2.20. The Morgan fingerprint density at radius 1 is 1.36 bits per heavy atom. The number of carbonyl (C=O) groups is 3. The molecular weight excluding hydrogens is 286 g/mol. The molecule has 2 rings (SSSR count). The van der Waals surface area contributed by atoms with Crippen molar-refractivity contribution in [2.24, 2.45) is 0 Å². The molecule has 1 aliphatic rings. The van der Waals surface area contributed by atoms with Gasteiger partial charge in [0.05, 0.1) is 18.1 Å². The van der Waals surface area contributed by atoms with Crippen LogP contribution in [-0.2, 0) is 25.5 Å². The monoisotopic (exact) mass is 305 g/mol.